The topological polar surface area (TPSA) is 62.2 Å². The Kier molecular flexibility index (Phi) is 4.67. The first-order valence-electron chi connectivity index (χ1n) is 5.66. The number of carbonyl (C=O) groups is 1. The lowest BCUT2D eigenvalue weighted by atomic mass is 10.2. The zero-order chi connectivity index (χ0) is 13.5. The third-order valence-corrected chi connectivity index (χ3v) is 3.24. The Hall–Kier alpha value is -2.16. The average Bonchev–Trinajstić information content (AvgIpc) is 2.92. The van der Waals surface area contributed by atoms with Crippen LogP contribution in [0.25, 0.3) is 0 Å². The van der Waals surface area contributed by atoms with Gasteiger partial charge in [-0.25, -0.2) is 0 Å². The second-order valence-electron chi connectivity index (χ2n) is 3.63. The molecule has 5 heteroatoms. The van der Waals surface area contributed by atoms with Crippen molar-refractivity contribution in [2.24, 2.45) is 0 Å². The lowest BCUT2D eigenvalue weighted by Crippen LogP contribution is -2.23. The van der Waals surface area contributed by atoms with Crippen LogP contribution in [-0.2, 0) is 6.54 Å². The van der Waals surface area contributed by atoms with E-state index in [0.717, 1.165) is 5.69 Å². The molecule has 0 unspecified atom stereocenters. The van der Waals surface area contributed by atoms with Crippen molar-refractivity contribution in [3.63, 3.8) is 0 Å². The number of aliphatic hydroxyl groups excluding tert-OH is 1. The number of carbonyl (C=O) groups excluding carboxylic acids is 1. The van der Waals surface area contributed by atoms with Gasteiger partial charge < -0.3 is 10.4 Å². The van der Waals surface area contributed by atoms with Crippen molar-refractivity contribution in [2.45, 2.75) is 6.54 Å². The number of nitrogens with zero attached hydrogens (tertiary/aromatic N) is 1. The Bertz CT molecular complexity index is 611. The molecule has 0 fully saturated rings. The highest BCUT2D eigenvalue weighted by atomic mass is 32.1. The van der Waals surface area contributed by atoms with Crippen molar-refractivity contribution in [1.82, 2.24) is 10.3 Å². The van der Waals surface area contributed by atoms with Gasteiger partial charge in [-0.05, 0) is 23.6 Å². The molecule has 0 aliphatic heterocycles. The molecule has 0 aliphatic carbocycles. The fourth-order valence-corrected chi connectivity index (χ4v) is 2.24. The van der Waals surface area contributed by atoms with Gasteiger partial charge in [0.05, 0.1) is 12.2 Å². The minimum Gasteiger partial charge on any atom is -0.384 e. The summed E-state index contributed by atoms with van der Waals surface area (Å²) < 4.78 is 0. The van der Waals surface area contributed by atoms with Crippen molar-refractivity contribution in [2.75, 3.05) is 6.61 Å². The highest BCUT2D eigenvalue weighted by Crippen LogP contribution is 2.15. The van der Waals surface area contributed by atoms with Gasteiger partial charge in [-0.3, -0.25) is 9.78 Å². The monoisotopic (exact) mass is 272 g/mol. The van der Waals surface area contributed by atoms with E-state index in [2.05, 4.69) is 22.1 Å². The summed E-state index contributed by atoms with van der Waals surface area (Å²) in [6.45, 7) is 0.162. The second-order valence-corrected chi connectivity index (χ2v) is 4.54. The summed E-state index contributed by atoms with van der Waals surface area (Å²) in [6.07, 6.45) is 1.69. The van der Waals surface area contributed by atoms with Crippen LogP contribution in [0.2, 0.25) is 0 Å². The number of nitrogens with one attached hydrogen (secondary N) is 1. The Balaban J connectivity index is 2.02. The van der Waals surface area contributed by atoms with Crippen molar-refractivity contribution in [3.05, 3.63) is 52.0 Å². The number of hydrogen-bond acceptors (Lipinski definition) is 4. The molecular formula is C14H12N2O2S. The molecule has 2 rings (SSSR count). The summed E-state index contributed by atoms with van der Waals surface area (Å²) in [4.78, 5) is 16.7. The molecule has 0 spiro atoms. The molecule has 2 N–H and O–H groups in total. The largest absolute Gasteiger partial charge is 0.384 e. The predicted octanol–water partition coefficient (Wildman–Crippen LogP) is 1.42. The smallest absolute Gasteiger partial charge is 0.262 e. The maximum Gasteiger partial charge on any atom is 0.262 e. The number of pyridine rings is 1. The van der Waals surface area contributed by atoms with Crippen molar-refractivity contribution < 1.29 is 9.90 Å². The minimum absolute atomic E-state index is 0.178. The molecule has 96 valence electrons. The molecular weight excluding hydrogens is 260 g/mol. The highest BCUT2D eigenvalue weighted by Gasteiger charge is 2.11. The van der Waals surface area contributed by atoms with Crippen LogP contribution in [0.1, 0.15) is 20.9 Å². The van der Waals surface area contributed by atoms with E-state index in [1.807, 2.05) is 18.2 Å². The van der Waals surface area contributed by atoms with E-state index < -0.39 is 0 Å². The maximum atomic E-state index is 12.0. The summed E-state index contributed by atoms with van der Waals surface area (Å²) in [5.41, 5.74) is 1.44. The minimum atomic E-state index is -0.217. The quantitative estimate of drug-likeness (QED) is 0.831. The number of hydrogen-bond donors (Lipinski definition) is 2. The fourth-order valence-electron chi connectivity index (χ4n) is 1.47. The average molecular weight is 272 g/mol. The number of aromatic nitrogens is 1. The lowest BCUT2D eigenvalue weighted by molar-refractivity contribution is 0.0954. The zero-order valence-corrected chi connectivity index (χ0v) is 10.9. The van der Waals surface area contributed by atoms with Gasteiger partial charge in [0.25, 0.3) is 5.91 Å². The van der Waals surface area contributed by atoms with E-state index >= 15 is 0 Å². The second kappa shape index (κ2) is 6.69. The van der Waals surface area contributed by atoms with Gasteiger partial charge in [0.1, 0.15) is 11.5 Å². The zero-order valence-electron chi connectivity index (χ0n) is 10.1. The molecule has 1 amide bonds. The first-order chi connectivity index (χ1) is 9.31. The molecule has 4 nitrogen and oxygen atoms in total. The van der Waals surface area contributed by atoms with Crippen LogP contribution < -0.4 is 5.32 Å². The van der Waals surface area contributed by atoms with Crippen LogP contribution in [0, 0.1) is 11.8 Å². The molecule has 2 heterocycles. The molecule has 2 aromatic rings. The van der Waals surface area contributed by atoms with Crippen LogP contribution in [0.4, 0.5) is 0 Å². The third-order valence-electron chi connectivity index (χ3n) is 2.33. The Labute approximate surface area is 115 Å². The third kappa shape index (κ3) is 3.65. The van der Waals surface area contributed by atoms with Gasteiger partial charge in [0.15, 0.2) is 0 Å². The predicted molar refractivity (Wildman–Crippen MR) is 73.7 cm³/mol. The van der Waals surface area contributed by atoms with Gasteiger partial charge in [0, 0.05) is 11.8 Å². The Morgan fingerprint density at radius 1 is 1.42 bits per heavy atom. The molecule has 0 bridgehead atoms. The van der Waals surface area contributed by atoms with Gasteiger partial charge in [-0.1, -0.05) is 17.9 Å². The van der Waals surface area contributed by atoms with Gasteiger partial charge in [-0.2, -0.15) is 0 Å². The van der Waals surface area contributed by atoms with E-state index in [1.165, 1.54) is 11.3 Å². The van der Waals surface area contributed by atoms with Gasteiger partial charge in [-0.15, -0.1) is 11.3 Å². The summed E-state index contributed by atoms with van der Waals surface area (Å²) in [6, 6.07) is 7.31. The number of amides is 1. The van der Waals surface area contributed by atoms with Crippen LogP contribution >= 0.6 is 11.3 Å². The van der Waals surface area contributed by atoms with Crippen molar-refractivity contribution in [3.8, 4) is 11.8 Å². The molecule has 2 aromatic heterocycles. The molecule has 0 atom stereocenters. The van der Waals surface area contributed by atoms with Crippen molar-refractivity contribution >= 4 is 17.2 Å². The standard InChI is InChI=1S/C14H12N2O2S/c17-8-3-4-11-6-9-19-13(11)14(18)16-10-12-5-1-2-7-15-12/h1-2,5-7,9,17H,8,10H2,(H,16,18). The molecule has 0 aromatic carbocycles. The summed E-state index contributed by atoms with van der Waals surface area (Å²) in [7, 11) is 0. The van der Waals surface area contributed by atoms with E-state index in [0.29, 0.717) is 17.0 Å². The van der Waals surface area contributed by atoms with E-state index in [-0.39, 0.29) is 12.5 Å². The lowest BCUT2D eigenvalue weighted by Gasteiger charge is -2.03. The van der Waals surface area contributed by atoms with Crippen LogP contribution in [0.5, 0.6) is 0 Å². The fraction of sp³-hybridized carbons (Fsp3) is 0.143. The maximum absolute atomic E-state index is 12.0. The van der Waals surface area contributed by atoms with E-state index in [1.54, 1.807) is 17.6 Å². The summed E-state index contributed by atoms with van der Waals surface area (Å²) in [5, 5.41) is 13.3. The first-order valence-corrected chi connectivity index (χ1v) is 6.54. The van der Waals surface area contributed by atoms with Gasteiger partial charge >= 0.3 is 0 Å². The molecule has 0 saturated carbocycles. The SMILES string of the molecule is O=C(NCc1ccccn1)c1sccc1C#CCO. The molecule has 0 radical (unpaired) electrons. The van der Waals surface area contributed by atoms with Gasteiger partial charge in [0.2, 0.25) is 0 Å². The Morgan fingerprint density at radius 3 is 3.05 bits per heavy atom. The molecule has 0 saturated heterocycles. The van der Waals surface area contributed by atoms with Crippen LogP contribution in [0.15, 0.2) is 35.8 Å². The van der Waals surface area contributed by atoms with E-state index in [9.17, 15) is 4.79 Å². The molecule has 19 heavy (non-hydrogen) atoms. The molecule has 0 aliphatic rings. The number of rotatable bonds is 3. The first kappa shape index (κ1) is 13.3. The summed E-state index contributed by atoms with van der Waals surface area (Å²) in [5.74, 6) is 5.12. The van der Waals surface area contributed by atoms with Crippen LogP contribution in [0.3, 0.4) is 0 Å². The van der Waals surface area contributed by atoms with Crippen LogP contribution in [-0.4, -0.2) is 22.6 Å². The number of aliphatic hydroxyl groups is 1. The Morgan fingerprint density at radius 2 is 2.32 bits per heavy atom. The normalized spacial score (nSPS) is 9.53. The van der Waals surface area contributed by atoms with E-state index in [4.69, 9.17) is 5.11 Å². The van der Waals surface area contributed by atoms with Crippen molar-refractivity contribution in [1.29, 1.82) is 0 Å². The summed E-state index contributed by atoms with van der Waals surface area (Å²) >= 11 is 1.33. The highest BCUT2D eigenvalue weighted by molar-refractivity contribution is 7.12. The number of thiophene rings is 1.